The number of hydrogen-bond donors (Lipinski definition) is 0. The Hall–Kier alpha value is -0.980. The van der Waals surface area contributed by atoms with Crippen molar-refractivity contribution in [1.82, 2.24) is 4.90 Å². The Morgan fingerprint density at radius 1 is 1.62 bits per heavy atom. The Morgan fingerprint density at radius 2 is 2.31 bits per heavy atom. The molecule has 0 fully saturated rings. The minimum atomic E-state index is -0.147. The summed E-state index contributed by atoms with van der Waals surface area (Å²) in [6.45, 7) is 2.73. The van der Waals surface area contributed by atoms with Crippen LogP contribution in [0.1, 0.15) is 17.3 Å². The minimum Gasteiger partial charge on any atom is -0.328 e. The number of hydrogen-bond acceptors (Lipinski definition) is 1. The van der Waals surface area contributed by atoms with Crippen LogP contribution in [0.25, 0.3) is 0 Å². The third-order valence-corrected chi connectivity index (χ3v) is 3.43. The number of terminal acetylenes is 1. The predicted molar refractivity (Wildman–Crippen MR) is 69.6 cm³/mol. The number of benzene rings is 1. The van der Waals surface area contributed by atoms with Gasteiger partial charge >= 0.3 is 0 Å². The zero-order valence-electron chi connectivity index (χ0n) is 8.84. The lowest BCUT2D eigenvalue weighted by Gasteiger charge is -2.18. The third-order valence-electron chi connectivity index (χ3n) is 2.13. The van der Waals surface area contributed by atoms with Gasteiger partial charge in [0.15, 0.2) is 0 Å². The van der Waals surface area contributed by atoms with Crippen LogP contribution >= 0.6 is 27.5 Å². The van der Waals surface area contributed by atoms with Crippen molar-refractivity contribution < 1.29 is 4.79 Å². The average molecular weight is 301 g/mol. The van der Waals surface area contributed by atoms with Gasteiger partial charge in [-0.05, 0) is 35.0 Å². The fraction of sp³-hybridized carbons (Fsp3) is 0.250. The molecule has 1 aromatic carbocycles. The van der Waals surface area contributed by atoms with Crippen LogP contribution in [0.2, 0.25) is 5.02 Å². The van der Waals surface area contributed by atoms with E-state index in [9.17, 15) is 4.79 Å². The highest BCUT2D eigenvalue weighted by Crippen LogP contribution is 2.26. The maximum atomic E-state index is 12.1. The van der Waals surface area contributed by atoms with E-state index < -0.39 is 0 Å². The highest BCUT2D eigenvalue weighted by atomic mass is 79.9. The summed E-state index contributed by atoms with van der Waals surface area (Å²) in [5, 5.41) is 0.419. The molecule has 0 spiro atoms. The van der Waals surface area contributed by atoms with Crippen molar-refractivity contribution in [3.8, 4) is 12.3 Å². The molecule has 1 amide bonds. The van der Waals surface area contributed by atoms with E-state index in [-0.39, 0.29) is 12.5 Å². The van der Waals surface area contributed by atoms with Gasteiger partial charge in [-0.3, -0.25) is 4.79 Å². The van der Waals surface area contributed by atoms with Gasteiger partial charge in [0.1, 0.15) is 0 Å². The zero-order chi connectivity index (χ0) is 12.1. The van der Waals surface area contributed by atoms with Gasteiger partial charge < -0.3 is 4.90 Å². The van der Waals surface area contributed by atoms with E-state index in [2.05, 4.69) is 21.9 Å². The molecule has 0 atom stereocenters. The number of carbonyl (C=O) groups excluding carboxylic acids is 1. The smallest absolute Gasteiger partial charge is 0.256 e. The van der Waals surface area contributed by atoms with E-state index in [0.29, 0.717) is 21.6 Å². The summed E-state index contributed by atoms with van der Waals surface area (Å²) in [4.78, 5) is 13.6. The molecule has 1 rings (SSSR count). The molecule has 0 bridgehead atoms. The second-order valence-corrected chi connectivity index (χ2v) is 4.36. The van der Waals surface area contributed by atoms with E-state index in [1.165, 1.54) is 0 Å². The van der Waals surface area contributed by atoms with Crippen LogP contribution in [0.4, 0.5) is 0 Å². The first-order valence-electron chi connectivity index (χ1n) is 4.78. The molecule has 2 nitrogen and oxygen atoms in total. The van der Waals surface area contributed by atoms with Gasteiger partial charge in [0, 0.05) is 11.0 Å². The lowest BCUT2D eigenvalue weighted by molar-refractivity contribution is 0.0785. The van der Waals surface area contributed by atoms with Gasteiger partial charge in [0.25, 0.3) is 5.91 Å². The van der Waals surface area contributed by atoms with Crippen LogP contribution in [0.5, 0.6) is 0 Å². The number of halogens is 2. The van der Waals surface area contributed by atoms with Gasteiger partial charge in [0.05, 0.1) is 17.1 Å². The second kappa shape index (κ2) is 5.93. The Balaban J connectivity index is 3.05. The van der Waals surface area contributed by atoms with Crippen LogP contribution in [0.3, 0.4) is 0 Å². The molecule has 0 N–H and O–H groups in total. The molecule has 0 saturated heterocycles. The molecule has 84 valence electrons. The Kier molecular flexibility index (Phi) is 4.85. The lowest BCUT2D eigenvalue weighted by Crippen LogP contribution is -2.31. The van der Waals surface area contributed by atoms with Gasteiger partial charge in [0.2, 0.25) is 0 Å². The summed E-state index contributed by atoms with van der Waals surface area (Å²) in [6, 6.07) is 5.25. The first kappa shape index (κ1) is 13.1. The van der Waals surface area contributed by atoms with Crippen molar-refractivity contribution in [2.75, 3.05) is 13.1 Å². The van der Waals surface area contributed by atoms with Crippen molar-refractivity contribution in [2.24, 2.45) is 0 Å². The molecule has 0 radical (unpaired) electrons. The van der Waals surface area contributed by atoms with E-state index in [4.69, 9.17) is 18.0 Å². The number of amides is 1. The summed E-state index contributed by atoms with van der Waals surface area (Å²) in [5.74, 6) is 2.31. The van der Waals surface area contributed by atoms with Crippen LogP contribution in [-0.2, 0) is 0 Å². The SMILES string of the molecule is C#CCN(CC)C(=O)c1cccc(Br)c1Cl. The fourth-order valence-corrected chi connectivity index (χ4v) is 1.85. The Morgan fingerprint density at radius 3 is 2.88 bits per heavy atom. The highest BCUT2D eigenvalue weighted by molar-refractivity contribution is 9.10. The topological polar surface area (TPSA) is 20.3 Å². The first-order chi connectivity index (χ1) is 7.61. The molecule has 0 saturated carbocycles. The van der Waals surface area contributed by atoms with Gasteiger partial charge in [-0.1, -0.05) is 23.6 Å². The van der Waals surface area contributed by atoms with Gasteiger partial charge in [-0.2, -0.15) is 0 Å². The molecule has 0 aliphatic carbocycles. The number of nitrogens with zero attached hydrogens (tertiary/aromatic N) is 1. The zero-order valence-corrected chi connectivity index (χ0v) is 11.2. The maximum Gasteiger partial charge on any atom is 0.256 e. The molecule has 0 unspecified atom stereocenters. The molecule has 16 heavy (non-hydrogen) atoms. The van der Waals surface area contributed by atoms with E-state index in [1.807, 2.05) is 6.92 Å². The largest absolute Gasteiger partial charge is 0.328 e. The fourth-order valence-electron chi connectivity index (χ4n) is 1.28. The molecular formula is C12H11BrClNO. The summed E-state index contributed by atoms with van der Waals surface area (Å²) in [5.41, 5.74) is 0.466. The molecule has 0 heterocycles. The standard InChI is InChI=1S/C12H11BrClNO/c1-3-8-15(4-2)12(16)9-6-5-7-10(13)11(9)14/h1,5-7H,4,8H2,2H3. The van der Waals surface area contributed by atoms with E-state index in [0.717, 1.165) is 0 Å². The first-order valence-corrected chi connectivity index (χ1v) is 5.95. The molecule has 1 aromatic rings. The predicted octanol–water partition coefficient (Wildman–Crippen LogP) is 3.20. The summed E-state index contributed by atoms with van der Waals surface area (Å²) in [7, 11) is 0. The van der Waals surface area contributed by atoms with Gasteiger partial charge in [-0.15, -0.1) is 6.42 Å². The molecule has 0 aromatic heterocycles. The quantitative estimate of drug-likeness (QED) is 0.785. The van der Waals surface area contributed by atoms with Crippen molar-refractivity contribution in [2.45, 2.75) is 6.92 Å². The summed E-state index contributed by atoms with van der Waals surface area (Å²) < 4.78 is 0.705. The summed E-state index contributed by atoms with van der Waals surface area (Å²) in [6.07, 6.45) is 5.20. The number of carbonyl (C=O) groups is 1. The van der Waals surface area contributed by atoms with E-state index >= 15 is 0 Å². The van der Waals surface area contributed by atoms with Crippen molar-refractivity contribution >= 4 is 33.4 Å². The minimum absolute atomic E-state index is 0.147. The molecular weight excluding hydrogens is 289 g/mol. The summed E-state index contributed by atoms with van der Waals surface area (Å²) >= 11 is 9.32. The van der Waals surface area contributed by atoms with Crippen molar-refractivity contribution in [1.29, 1.82) is 0 Å². The van der Waals surface area contributed by atoms with Crippen molar-refractivity contribution in [3.63, 3.8) is 0 Å². The van der Waals surface area contributed by atoms with Crippen molar-refractivity contribution in [3.05, 3.63) is 33.3 Å². The maximum absolute atomic E-state index is 12.1. The van der Waals surface area contributed by atoms with Crippen LogP contribution in [0.15, 0.2) is 22.7 Å². The lowest BCUT2D eigenvalue weighted by atomic mass is 10.2. The monoisotopic (exact) mass is 299 g/mol. The third kappa shape index (κ3) is 2.78. The van der Waals surface area contributed by atoms with Gasteiger partial charge in [-0.25, -0.2) is 0 Å². The normalized spacial score (nSPS) is 9.62. The van der Waals surface area contributed by atoms with Crippen LogP contribution in [-0.4, -0.2) is 23.9 Å². The second-order valence-electron chi connectivity index (χ2n) is 3.12. The number of rotatable bonds is 3. The average Bonchev–Trinajstić information content (AvgIpc) is 2.29. The molecule has 0 aliphatic rings. The Labute approximate surface area is 109 Å². The molecule has 0 aliphatic heterocycles. The molecule has 4 heteroatoms. The van der Waals surface area contributed by atoms with Crippen LogP contribution < -0.4 is 0 Å². The Bertz CT molecular complexity index is 439. The highest BCUT2D eigenvalue weighted by Gasteiger charge is 2.17. The van der Waals surface area contributed by atoms with E-state index in [1.54, 1.807) is 23.1 Å². The van der Waals surface area contributed by atoms with Crippen LogP contribution in [0, 0.1) is 12.3 Å².